The Hall–Kier alpha value is -1.10. The molecule has 1 heterocycles. The molecule has 1 aliphatic carbocycles. The molecule has 0 bridgehead atoms. The molecule has 1 aromatic heterocycles. The third-order valence-electron chi connectivity index (χ3n) is 2.92. The Balaban J connectivity index is 2.14. The lowest BCUT2D eigenvalue weighted by atomic mass is 10.3. The number of nitrogens with zero attached hydrogens (tertiary/aromatic N) is 2. The van der Waals surface area contributed by atoms with Gasteiger partial charge in [0.05, 0.1) is 6.61 Å². The summed E-state index contributed by atoms with van der Waals surface area (Å²) in [5, 5.41) is 0. The second-order valence-corrected chi connectivity index (χ2v) is 5.31. The molecule has 0 spiro atoms. The average molecular weight is 313 g/mol. The number of hydrogen-bond acceptors (Lipinski definition) is 4. The predicted molar refractivity (Wildman–Crippen MR) is 73.7 cm³/mol. The molecule has 18 heavy (non-hydrogen) atoms. The van der Waals surface area contributed by atoms with Crippen LogP contribution < -0.4 is 4.90 Å². The summed E-state index contributed by atoms with van der Waals surface area (Å²) in [5.41, 5.74) is 1.12. The molecule has 0 amide bonds. The number of ether oxygens (including phenoxy) is 1. The first-order valence-corrected chi connectivity index (χ1v) is 6.95. The zero-order chi connectivity index (χ0) is 13.1. The number of carbonyl (C=O) groups is 1. The summed E-state index contributed by atoms with van der Waals surface area (Å²) in [4.78, 5) is 18.0. The van der Waals surface area contributed by atoms with E-state index in [1.54, 1.807) is 6.20 Å². The monoisotopic (exact) mass is 312 g/mol. The van der Waals surface area contributed by atoms with Crippen molar-refractivity contribution >= 4 is 27.7 Å². The molecular weight excluding hydrogens is 296 g/mol. The lowest BCUT2D eigenvalue weighted by Gasteiger charge is -2.22. The molecule has 0 unspecified atom stereocenters. The number of aryl methyl sites for hydroxylation is 1. The largest absolute Gasteiger partial charge is 0.465 e. The van der Waals surface area contributed by atoms with Gasteiger partial charge in [-0.25, -0.2) is 4.98 Å². The Morgan fingerprint density at radius 2 is 2.33 bits per heavy atom. The van der Waals surface area contributed by atoms with Crippen molar-refractivity contribution in [1.82, 2.24) is 4.98 Å². The van der Waals surface area contributed by atoms with Gasteiger partial charge in [-0.2, -0.15) is 0 Å². The normalized spacial score (nSPS) is 14.4. The van der Waals surface area contributed by atoms with E-state index in [1.165, 1.54) is 0 Å². The lowest BCUT2D eigenvalue weighted by molar-refractivity contribution is -0.141. The molecule has 1 aliphatic rings. The molecule has 4 nitrogen and oxygen atoms in total. The minimum absolute atomic E-state index is 0.188. The first kappa shape index (κ1) is 13.3. The Morgan fingerprint density at radius 3 is 2.89 bits per heavy atom. The maximum Gasteiger partial charge on any atom is 0.325 e. The second kappa shape index (κ2) is 5.69. The number of hydrogen-bond donors (Lipinski definition) is 0. The van der Waals surface area contributed by atoms with Crippen LogP contribution in [0.15, 0.2) is 16.7 Å². The third kappa shape index (κ3) is 3.22. The summed E-state index contributed by atoms with van der Waals surface area (Å²) in [5.74, 6) is 0.665. The standard InChI is InChI=1S/C13H17BrN2O2/c1-3-18-13(17)8-16(10-4-5-10)12-6-9(2)11(14)7-15-12/h6-7,10H,3-5,8H2,1-2H3. The molecule has 0 N–H and O–H groups in total. The number of carbonyl (C=O) groups excluding carboxylic acids is 1. The van der Waals surface area contributed by atoms with Gasteiger partial charge in [0.15, 0.2) is 0 Å². The van der Waals surface area contributed by atoms with E-state index in [2.05, 4.69) is 20.9 Å². The van der Waals surface area contributed by atoms with Crippen LogP contribution in [0.3, 0.4) is 0 Å². The quantitative estimate of drug-likeness (QED) is 0.784. The SMILES string of the molecule is CCOC(=O)CN(c1cc(C)c(Br)cn1)C1CC1. The fourth-order valence-electron chi connectivity index (χ4n) is 1.81. The van der Waals surface area contributed by atoms with Gasteiger partial charge in [0, 0.05) is 16.7 Å². The zero-order valence-electron chi connectivity index (χ0n) is 10.6. The van der Waals surface area contributed by atoms with Crippen LogP contribution in [0.2, 0.25) is 0 Å². The van der Waals surface area contributed by atoms with Crippen LogP contribution in [-0.2, 0) is 9.53 Å². The first-order chi connectivity index (χ1) is 8.61. The predicted octanol–water partition coefficient (Wildman–Crippen LogP) is 2.68. The number of aromatic nitrogens is 1. The molecule has 1 aromatic rings. The van der Waals surface area contributed by atoms with Crippen molar-refractivity contribution in [3.63, 3.8) is 0 Å². The molecule has 5 heteroatoms. The number of pyridine rings is 1. The molecule has 98 valence electrons. The number of halogens is 1. The van der Waals surface area contributed by atoms with Crippen molar-refractivity contribution in [3.05, 3.63) is 22.3 Å². The molecule has 1 fully saturated rings. The fourth-order valence-corrected chi connectivity index (χ4v) is 2.03. The summed E-state index contributed by atoms with van der Waals surface area (Å²) in [7, 11) is 0. The van der Waals surface area contributed by atoms with Gasteiger partial charge in [0.2, 0.25) is 0 Å². The molecule has 0 aromatic carbocycles. The number of anilines is 1. The van der Waals surface area contributed by atoms with Gasteiger partial charge in [0.25, 0.3) is 0 Å². The van der Waals surface area contributed by atoms with E-state index in [0.717, 1.165) is 28.7 Å². The first-order valence-electron chi connectivity index (χ1n) is 6.16. The molecule has 0 saturated heterocycles. The van der Waals surface area contributed by atoms with Crippen LogP contribution in [-0.4, -0.2) is 30.1 Å². The van der Waals surface area contributed by atoms with Crippen molar-refractivity contribution < 1.29 is 9.53 Å². The van der Waals surface area contributed by atoms with Crippen LogP contribution in [0.5, 0.6) is 0 Å². The van der Waals surface area contributed by atoms with E-state index < -0.39 is 0 Å². The van der Waals surface area contributed by atoms with Crippen molar-refractivity contribution in [1.29, 1.82) is 0 Å². The smallest absolute Gasteiger partial charge is 0.325 e. The fraction of sp³-hybridized carbons (Fsp3) is 0.538. The van der Waals surface area contributed by atoms with Gasteiger partial charge in [-0.3, -0.25) is 4.79 Å². The van der Waals surface area contributed by atoms with Crippen LogP contribution in [0, 0.1) is 6.92 Å². The Bertz CT molecular complexity index is 447. The molecule has 2 rings (SSSR count). The van der Waals surface area contributed by atoms with Crippen molar-refractivity contribution in [2.75, 3.05) is 18.1 Å². The van der Waals surface area contributed by atoms with Gasteiger partial charge in [0.1, 0.15) is 12.4 Å². The minimum Gasteiger partial charge on any atom is -0.465 e. The topological polar surface area (TPSA) is 42.4 Å². The van der Waals surface area contributed by atoms with Gasteiger partial charge < -0.3 is 9.64 Å². The molecular formula is C13H17BrN2O2. The molecule has 1 saturated carbocycles. The second-order valence-electron chi connectivity index (χ2n) is 4.46. The maximum atomic E-state index is 11.6. The highest BCUT2D eigenvalue weighted by atomic mass is 79.9. The third-order valence-corrected chi connectivity index (χ3v) is 3.75. The maximum absolute atomic E-state index is 11.6. The molecule has 0 aliphatic heterocycles. The van der Waals surface area contributed by atoms with Gasteiger partial charge >= 0.3 is 5.97 Å². The lowest BCUT2D eigenvalue weighted by Crippen LogP contribution is -2.33. The highest BCUT2D eigenvalue weighted by Crippen LogP contribution is 2.31. The summed E-state index contributed by atoms with van der Waals surface area (Å²) in [6, 6.07) is 2.43. The van der Waals surface area contributed by atoms with E-state index in [4.69, 9.17) is 4.74 Å². The van der Waals surface area contributed by atoms with E-state index in [9.17, 15) is 4.79 Å². The van der Waals surface area contributed by atoms with E-state index >= 15 is 0 Å². The van der Waals surface area contributed by atoms with Gasteiger partial charge in [-0.05, 0) is 54.2 Å². The minimum atomic E-state index is -0.188. The van der Waals surface area contributed by atoms with E-state index in [1.807, 2.05) is 24.8 Å². The number of rotatable bonds is 5. The summed E-state index contributed by atoms with van der Waals surface area (Å²) < 4.78 is 5.99. The van der Waals surface area contributed by atoms with Crippen LogP contribution >= 0.6 is 15.9 Å². The van der Waals surface area contributed by atoms with Crippen molar-refractivity contribution in [2.24, 2.45) is 0 Å². The Morgan fingerprint density at radius 1 is 1.61 bits per heavy atom. The highest BCUT2D eigenvalue weighted by molar-refractivity contribution is 9.10. The van der Waals surface area contributed by atoms with Crippen LogP contribution in [0.1, 0.15) is 25.3 Å². The summed E-state index contributed by atoms with van der Waals surface area (Å²) in [6.07, 6.45) is 4.03. The Labute approximate surface area is 115 Å². The summed E-state index contributed by atoms with van der Waals surface area (Å²) in [6.45, 7) is 4.54. The van der Waals surface area contributed by atoms with Crippen LogP contribution in [0.25, 0.3) is 0 Å². The van der Waals surface area contributed by atoms with Gasteiger partial charge in [-0.15, -0.1) is 0 Å². The van der Waals surface area contributed by atoms with Crippen LogP contribution in [0.4, 0.5) is 5.82 Å². The van der Waals surface area contributed by atoms with E-state index in [0.29, 0.717) is 12.6 Å². The van der Waals surface area contributed by atoms with Gasteiger partial charge in [-0.1, -0.05) is 0 Å². The van der Waals surface area contributed by atoms with Crippen molar-refractivity contribution in [3.8, 4) is 0 Å². The zero-order valence-corrected chi connectivity index (χ0v) is 12.2. The van der Waals surface area contributed by atoms with Crippen molar-refractivity contribution in [2.45, 2.75) is 32.7 Å². The van der Waals surface area contributed by atoms with E-state index in [-0.39, 0.29) is 12.5 Å². The molecule has 0 atom stereocenters. The summed E-state index contributed by atoms with van der Waals surface area (Å²) >= 11 is 3.43. The average Bonchev–Trinajstić information content (AvgIpc) is 3.14. The molecule has 0 radical (unpaired) electrons. The Kier molecular flexibility index (Phi) is 4.22. The highest BCUT2D eigenvalue weighted by Gasteiger charge is 2.31. The number of esters is 1.